The largest absolute Gasteiger partial charge is 0.497 e. The molecule has 0 unspecified atom stereocenters. The minimum absolute atomic E-state index is 0.0188. The maximum absolute atomic E-state index is 11.3. The van der Waals surface area contributed by atoms with Crippen LogP contribution in [0.5, 0.6) is 11.5 Å². The summed E-state index contributed by atoms with van der Waals surface area (Å²) in [5, 5.41) is 20.5. The highest BCUT2D eigenvalue weighted by molar-refractivity contribution is 7.98. The maximum atomic E-state index is 11.3. The first-order chi connectivity index (χ1) is 14.1. The Hall–Kier alpha value is -3.11. The van der Waals surface area contributed by atoms with Gasteiger partial charge in [-0.2, -0.15) is 0 Å². The van der Waals surface area contributed by atoms with E-state index in [0.717, 1.165) is 22.7 Å². The molecule has 0 N–H and O–H groups in total. The number of aromatic nitrogens is 3. The molecule has 1 aliphatic heterocycles. The molecule has 2 aromatic carbocycles. The zero-order valence-corrected chi connectivity index (χ0v) is 16.6. The van der Waals surface area contributed by atoms with Gasteiger partial charge in [-0.3, -0.25) is 10.1 Å². The van der Waals surface area contributed by atoms with Gasteiger partial charge in [-0.05, 0) is 24.3 Å². The number of ether oxygens (including phenoxy) is 3. The first-order valence-corrected chi connectivity index (χ1v) is 9.72. The Labute approximate surface area is 170 Å². The summed E-state index contributed by atoms with van der Waals surface area (Å²) in [6.07, 6.45) is 0. The summed E-state index contributed by atoms with van der Waals surface area (Å²) < 4.78 is 17.9. The SMILES string of the molecule is COc1ccc(-c2nnc(SCc3cc([N+](=O)[O-])cc4c3OCOC4)n2C)cc1. The number of fused-ring (bicyclic) bond motifs is 1. The van der Waals surface area contributed by atoms with Gasteiger partial charge in [0.15, 0.2) is 17.8 Å². The summed E-state index contributed by atoms with van der Waals surface area (Å²) in [4.78, 5) is 10.8. The van der Waals surface area contributed by atoms with Gasteiger partial charge in [-0.25, -0.2) is 0 Å². The van der Waals surface area contributed by atoms with E-state index in [2.05, 4.69) is 10.2 Å². The van der Waals surface area contributed by atoms with Crippen molar-refractivity contribution in [3.05, 3.63) is 57.6 Å². The Kier molecular flexibility index (Phi) is 5.36. The first kappa shape index (κ1) is 19.2. The highest BCUT2D eigenvalue weighted by Gasteiger charge is 2.22. The molecule has 1 aromatic heterocycles. The van der Waals surface area contributed by atoms with E-state index in [0.29, 0.717) is 28.8 Å². The molecular weight excluding hydrogens is 396 g/mol. The molecule has 0 fully saturated rings. The topological polar surface area (TPSA) is 102 Å². The number of hydrogen-bond donors (Lipinski definition) is 0. The second-order valence-corrected chi connectivity index (χ2v) is 7.29. The van der Waals surface area contributed by atoms with Crippen molar-refractivity contribution in [2.45, 2.75) is 17.5 Å². The number of hydrogen-bond acceptors (Lipinski definition) is 8. The van der Waals surface area contributed by atoms with Gasteiger partial charge in [0.25, 0.3) is 5.69 Å². The van der Waals surface area contributed by atoms with Crippen molar-refractivity contribution in [1.29, 1.82) is 0 Å². The Morgan fingerprint density at radius 2 is 2.07 bits per heavy atom. The lowest BCUT2D eigenvalue weighted by Gasteiger charge is -2.20. The van der Waals surface area contributed by atoms with Gasteiger partial charge in [-0.15, -0.1) is 10.2 Å². The lowest BCUT2D eigenvalue weighted by atomic mass is 10.1. The molecule has 3 aromatic rings. The van der Waals surface area contributed by atoms with Crippen LogP contribution in [0.1, 0.15) is 11.1 Å². The maximum Gasteiger partial charge on any atom is 0.270 e. The molecule has 0 saturated heterocycles. The molecule has 29 heavy (non-hydrogen) atoms. The molecule has 0 amide bonds. The third-order valence-corrected chi connectivity index (χ3v) is 5.59. The number of rotatable bonds is 6. The molecule has 0 atom stereocenters. The fraction of sp³-hybridized carbons (Fsp3) is 0.263. The van der Waals surface area contributed by atoms with Crippen molar-refractivity contribution in [1.82, 2.24) is 14.8 Å². The standard InChI is InChI=1S/C19H18N4O5S/c1-22-18(12-3-5-16(26-2)6-4-12)20-21-19(22)29-10-14-8-15(23(24)25)7-13-9-27-11-28-17(13)14/h3-8H,9-11H2,1-2H3. The molecule has 150 valence electrons. The Morgan fingerprint density at radius 1 is 1.28 bits per heavy atom. The molecule has 0 bridgehead atoms. The van der Waals surface area contributed by atoms with Crippen molar-refractivity contribution in [3.63, 3.8) is 0 Å². The highest BCUT2D eigenvalue weighted by atomic mass is 32.2. The van der Waals surface area contributed by atoms with Crippen LogP contribution in [0.25, 0.3) is 11.4 Å². The number of nitrogens with zero attached hydrogens (tertiary/aromatic N) is 4. The summed E-state index contributed by atoms with van der Waals surface area (Å²) in [6, 6.07) is 10.6. The van der Waals surface area contributed by atoms with E-state index in [1.807, 2.05) is 35.9 Å². The van der Waals surface area contributed by atoms with E-state index >= 15 is 0 Å². The molecule has 0 aliphatic carbocycles. The van der Waals surface area contributed by atoms with Crippen molar-refractivity contribution < 1.29 is 19.1 Å². The van der Waals surface area contributed by atoms with E-state index in [1.165, 1.54) is 23.9 Å². The normalized spacial score (nSPS) is 12.9. The third kappa shape index (κ3) is 3.89. The van der Waals surface area contributed by atoms with Crippen LogP contribution in [0.2, 0.25) is 0 Å². The Morgan fingerprint density at radius 3 is 2.79 bits per heavy atom. The van der Waals surface area contributed by atoms with Crippen molar-refractivity contribution in [3.8, 4) is 22.9 Å². The molecule has 0 spiro atoms. The average molecular weight is 414 g/mol. The third-order valence-electron chi connectivity index (χ3n) is 4.52. The van der Waals surface area contributed by atoms with E-state index in [-0.39, 0.29) is 12.5 Å². The van der Waals surface area contributed by atoms with Crippen molar-refractivity contribution in [2.75, 3.05) is 13.9 Å². The lowest BCUT2D eigenvalue weighted by molar-refractivity contribution is -0.385. The average Bonchev–Trinajstić information content (AvgIpc) is 3.12. The van der Waals surface area contributed by atoms with Crippen LogP contribution in [-0.4, -0.2) is 33.6 Å². The predicted molar refractivity (Wildman–Crippen MR) is 106 cm³/mol. The molecular formula is C19H18N4O5S. The molecule has 0 radical (unpaired) electrons. The van der Waals surface area contributed by atoms with Gasteiger partial charge in [-0.1, -0.05) is 11.8 Å². The summed E-state index contributed by atoms with van der Waals surface area (Å²) in [7, 11) is 3.50. The molecule has 0 saturated carbocycles. The zero-order valence-electron chi connectivity index (χ0n) is 15.8. The molecule has 9 nitrogen and oxygen atoms in total. The number of nitro benzene ring substituents is 1. The second kappa shape index (κ2) is 8.10. The summed E-state index contributed by atoms with van der Waals surface area (Å²) in [5.41, 5.74) is 2.35. The van der Waals surface area contributed by atoms with Gasteiger partial charge in [0.05, 0.1) is 18.6 Å². The highest BCUT2D eigenvalue weighted by Crippen LogP contribution is 2.36. The fourth-order valence-electron chi connectivity index (χ4n) is 3.07. The van der Waals surface area contributed by atoms with E-state index < -0.39 is 4.92 Å². The Bertz CT molecular complexity index is 1050. The fourth-order valence-corrected chi connectivity index (χ4v) is 3.95. The minimum atomic E-state index is -0.410. The van der Waals surface area contributed by atoms with Gasteiger partial charge in [0, 0.05) is 41.6 Å². The van der Waals surface area contributed by atoms with Crippen molar-refractivity contribution >= 4 is 17.4 Å². The number of non-ortho nitro benzene ring substituents is 1. The quantitative estimate of drug-likeness (QED) is 0.343. The van der Waals surface area contributed by atoms with Crippen LogP contribution in [0.3, 0.4) is 0 Å². The lowest BCUT2D eigenvalue weighted by Crippen LogP contribution is -2.13. The van der Waals surface area contributed by atoms with E-state index in [4.69, 9.17) is 14.2 Å². The molecule has 4 rings (SSSR count). The number of methoxy groups -OCH3 is 1. The van der Waals surface area contributed by atoms with Gasteiger partial charge in [0.1, 0.15) is 11.5 Å². The second-order valence-electron chi connectivity index (χ2n) is 6.34. The van der Waals surface area contributed by atoms with Crippen molar-refractivity contribution in [2.24, 2.45) is 7.05 Å². The minimum Gasteiger partial charge on any atom is -0.497 e. The number of nitro groups is 1. The molecule has 2 heterocycles. The number of benzene rings is 2. The van der Waals surface area contributed by atoms with Gasteiger partial charge < -0.3 is 18.8 Å². The first-order valence-electron chi connectivity index (χ1n) is 8.74. The van der Waals surface area contributed by atoms with Crippen LogP contribution >= 0.6 is 11.8 Å². The van der Waals surface area contributed by atoms with Crippen LogP contribution in [0, 0.1) is 10.1 Å². The van der Waals surface area contributed by atoms with Crippen LogP contribution in [-0.2, 0) is 24.1 Å². The monoisotopic (exact) mass is 414 g/mol. The van der Waals surface area contributed by atoms with E-state index in [9.17, 15) is 10.1 Å². The summed E-state index contributed by atoms with van der Waals surface area (Å²) >= 11 is 1.44. The Balaban J connectivity index is 1.57. The molecule has 10 heteroatoms. The number of thioether (sulfide) groups is 1. The van der Waals surface area contributed by atoms with Crippen LogP contribution < -0.4 is 9.47 Å². The van der Waals surface area contributed by atoms with E-state index in [1.54, 1.807) is 7.11 Å². The van der Waals surface area contributed by atoms with Crippen LogP contribution in [0.4, 0.5) is 5.69 Å². The smallest absolute Gasteiger partial charge is 0.270 e. The zero-order chi connectivity index (χ0) is 20.4. The molecule has 1 aliphatic rings. The summed E-state index contributed by atoms with van der Waals surface area (Å²) in [6.45, 7) is 0.425. The van der Waals surface area contributed by atoms with Gasteiger partial charge in [0.2, 0.25) is 0 Å². The van der Waals surface area contributed by atoms with Gasteiger partial charge >= 0.3 is 0 Å². The summed E-state index contributed by atoms with van der Waals surface area (Å²) in [5.74, 6) is 2.59. The predicted octanol–water partition coefficient (Wildman–Crippen LogP) is 3.56. The van der Waals surface area contributed by atoms with Crippen LogP contribution in [0.15, 0.2) is 41.6 Å².